The van der Waals surface area contributed by atoms with E-state index in [0.29, 0.717) is 5.54 Å². The van der Waals surface area contributed by atoms with Crippen molar-refractivity contribution in [2.24, 2.45) is 0 Å². The van der Waals surface area contributed by atoms with Crippen molar-refractivity contribution in [3.05, 3.63) is 23.8 Å². The largest absolute Gasteiger partial charge is 0.493 e. The molecule has 2 rings (SSSR count). The van der Waals surface area contributed by atoms with Crippen molar-refractivity contribution in [1.82, 2.24) is 10.2 Å². The third-order valence-electron chi connectivity index (χ3n) is 4.46. The van der Waals surface area contributed by atoms with E-state index in [4.69, 9.17) is 9.47 Å². The van der Waals surface area contributed by atoms with Gasteiger partial charge in [-0.3, -0.25) is 0 Å². The van der Waals surface area contributed by atoms with E-state index < -0.39 is 0 Å². The van der Waals surface area contributed by atoms with Crippen LogP contribution in [-0.4, -0.2) is 45.3 Å². The zero-order chi connectivity index (χ0) is 14.6. The monoisotopic (exact) mass is 278 g/mol. The molecule has 4 nitrogen and oxygen atoms in total. The normalized spacial score (nSPS) is 16.9. The van der Waals surface area contributed by atoms with E-state index in [1.54, 1.807) is 14.2 Å². The molecule has 0 unspecified atom stereocenters. The van der Waals surface area contributed by atoms with Crippen LogP contribution in [0.25, 0.3) is 0 Å². The Hall–Kier alpha value is -1.26. The molecule has 0 aliphatic heterocycles. The van der Waals surface area contributed by atoms with E-state index >= 15 is 0 Å². The number of rotatable bonds is 7. The first kappa shape index (κ1) is 15.1. The van der Waals surface area contributed by atoms with E-state index in [1.165, 1.54) is 24.8 Å². The van der Waals surface area contributed by atoms with Gasteiger partial charge in [0, 0.05) is 18.6 Å². The summed E-state index contributed by atoms with van der Waals surface area (Å²) in [6, 6.07) is 6.08. The van der Waals surface area contributed by atoms with E-state index in [1.807, 2.05) is 12.1 Å². The zero-order valence-corrected chi connectivity index (χ0v) is 13.0. The lowest BCUT2D eigenvalue weighted by atomic mass is 9.75. The van der Waals surface area contributed by atoms with Crippen LogP contribution in [-0.2, 0) is 6.54 Å². The minimum atomic E-state index is 0.358. The van der Waals surface area contributed by atoms with Gasteiger partial charge in [0.15, 0.2) is 11.5 Å². The molecule has 0 aromatic heterocycles. The van der Waals surface area contributed by atoms with Crippen LogP contribution in [0, 0.1) is 0 Å². The third kappa shape index (κ3) is 3.07. The zero-order valence-electron chi connectivity index (χ0n) is 13.0. The Morgan fingerprint density at radius 2 is 1.85 bits per heavy atom. The number of likely N-dealkylation sites (N-methyl/N-ethyl adjacent to an activating group) is 1. The van der Waals surface area contributed by atoms with Gasteiger partial charge in [0.1, 0.15) is 0 Å². The summed E-state index contributed by atoms with van der Waals surface area (Å²) in [6.45, 7) is 1.89. The van der Waals surface area contributed by atoms with Crippen molar-refractivity contribution < 1.29 is 9.47 Å². The maximum Gasteiger partial charge on any atom is 0.161 e. The highest BCUT2D eigenvalue weighted by Gasteiger charge is 2.38. The average molecular weight is 278 g/mol. The Morgan fingerprint density at radius 1 is 1.15 bits per heavy atom. The fourth-order valence-electron chi connectivity index (χ4n) is 2.80. The topological polar surface area (TPSA) is 33.7 Å². The molecular weight excluding hydrogens is 252 g/mol. The van der Waals surface area contributed by atoms with Crippen molar-refractivity contribution in [3.8, 4) is 11.5 Å². The predicted octanol–water partition coefficient (Wildman–Crippen LogP) is 2.28. The number of ether oxygens (including phenoxy) is 2. The molecule has 1 N–H and O–H groups in total. The van der Waals surface area contributed by atoms with Crippen molar-refractivity contribution in [2.75, 3.05) is 34.9 Å². The standard InChI is InChI=1S/C16H26N2O2/c1-18(2)16(8-5-9-16)12-17-11-13-6-7-14(19-3)15(10-13)20-4/h6-7,10,17H,5,8-9,11-12H2,1-4H3. The molecule has 0 radical (unpaired) electrons. The Kier molecular flexibility index (Phi) is 4.89. The molecule has 112 valence electrons. The summed E-state index contributed by atoms with van der Waals surface area (Å²) in [5.41, 5.74) is 1.58. The Balaban J connectivity index is 1.91. The first-order valence-corrected chi connectivity index (χ1v) is 7.20. The summed E-state index contributed by atoms with van der Waals surface area (Å²) in [7, 11) is 7.69. The van der Waals surface area contributed by atoms with Gasteiger partial charge in [-0.05, 0) is 51.1 Å². The maximum atomic E-state index is 5.33. The van der Waals surface area contributed by atoms with Gasteiger partial charge in [-0.25, -0.2) is 0 Å². The molecule has 20 heavy (non-hydrogen) atoms. The van der Waals surface area contributed by atoms with Gasteiger partial charge in [-0.1, -0.05) is 6.07 Å². The molecule has 0 bridgehead atoms. The van der Waals surface area contributed by atoms with Crippen molar-refractivity contribution in [1.29, 1.82) is 0 Å². The average Bonchev–Trinajstić information content (AvgIpc) is 2.40. The lowest BCUT2D eigenvalue weighted by Crippen LogP contribution is -2.56. The van der Waals surface area contributed by atoms with Crippen LogP contribution >= 0.6 is 0 Å². The van der Waals surface area contributed by atoms with Crippen molar-refractivity contribution >= 4 is 0 Å². The summed E-state index contributed by atoms with van der Waals surface area (Å²) in [5.74, 6) is 1.57. The van der Waals surface area contributed by atoms with Gasteiger partial charge < -0.3 is 19.7 Å². The maximum absolute atomic E-state index is 5.33. The second kappa shape index (κ2) is 6.46. The Morgan fingerprint density at radius 3 is 2.35 bits per heavy atom. The quantitative estimate of drug-likeness (QED) is 0.829. The molecule has 1 aliphatic carbocycles. The molecule has 0 heterocycles. The van der Waals surface area contributed by atoms with Crippen LogP contribution in [0.1, 0.15) is 24.8 Å². The van der Waals surface area contributed by atoms with E-state index in [0.717, 1.165) is 24.6 Å². The van der Waals surface area contributed by atoms with Gasteiger partial charge in [0.2, 0.25) is 0 Å². The molecule has 0 atom stereocenters. The minimum absolute atomic E-state index is 0.358. The van der Waals surface area contributed by atoms with E-state index in [2.05, 4.69) is 30.4 Å². The lowest BCUT2D eigenvalue weighted by molar-refractivity contribution is 0.0598. The third-order valence-corrected chi connectivity index (χ3v) is 4.46. The van der Waals surface area contributed by atoms with Crippen molar-refractivity contribution in [2.45, 2.75) is 31.3 Å². The molecule has 4 heteroatoms. The highest BCUT2D eigenvalue weighted by atomic mass is 16.5. The molecular formula is C16H26N2O2. The number of hydrogen-bond acceptors (Lipinski definition) is 4. The van der Waals surface area contributed by atoms with Gasteiger partial charge in [-0.15, -0.1) is 0 Å². The van der Waals surface area contributed by atoms with E-state index in [-0.39, 0.29) is 0 Å². The second-order valence-electron chi connectivity index (χ2n) is 5.77. The van der Waals surface area contributed by atoms with E-state index in [9.17, 15) is 0 Å². The minimum Gasteiger partial charge on any atom is -0.493 e. The first-order valence-electron chi connectivity index (χ1n) is 7.20. The first-order chi connectivity index (χ1) is 9.61. The SMILES string of the molecule is COc1ccc(CNCC2(N(C)C)CCC2)cc1OC. The fourth-order valence-corrected chi connectivity index (χ4v) is 2.80. The van der Waals surface area contributed by atoms with Crippen LogP contribution < -0.4 is 14.8 Å². The number of nitrogens with one attached hydrogen (secondary N) is 1. The number of benzene rings is 1. The van der Waals surface area contributed by atoms with Crippen LogP contribution in [0.3, 0.4) is 0 Å². The molecule has 0 amide bonds. The smallest absolute Gasteiger partial charge is 0.161 e. The summed E-state index contributed by atoms with van der Waals surface area (Å²) in [4.78, 5) is 2.36. The molecule has 1 saturated carbocycles. The highest BCUT2D eigenvalue weighted by Crippen LogP contribution is 2.35. The van der Waals surface area contributed by atoms with Gasteiger partial charge in [0.05, 0.1) is 14.2 Å². The summed E-state index contributed by atoms with van der Waals surface area (Å²) in [6.07, 6.45) is 3.92. The molecule has 0 saturated heterocycles. The molecule has 1 aromatic rings. The Labute approximate surface area is 122 Å². The molecule has 1 aromatic carbocycles. The van der Waals surface area contributed by atoms with Crippen LogP contribution in [0.4, 0.5) is 0 Å². The summed E-state index contributed by atoms with van der Waals surface area (Å²) in [5, 5.41) is 3.58. The molecule has 1 fully saturated rings. The van der Waals surface area contributed by atoms with Crippen molar-refractivity contribution in [3.63, 3.8) is 0 Å². The van der Waals surface area contributed by atoms with Gasteiger partial charge >= 0.3 is 0 Å². The number of hydrogen-bond donors (Lipinski definition) is 1. The van der Waals surface area contributed by atoms with Gasteiger partial charge in [-0.2, -0.15) is 0 Å². The predicted molar refractivity (Wildman–Crippen MR) is 81.5 cm³/mol. The second-order valence-corrected chi connectivity index (χ2v) is 5.77. The summed E-state index contributed by atoms with van der Waals surface area (Å²) < 4.78 is 10.6. The summed E-state index contributed by atoms with van der Waals surface area (Å²) >= 11 is 0. The molecule has 1 aliphatic rings. The lowest BCUT2D eigenvalue weighted by Gasteiger charge is -2.47. The Bertz CT molecular complexity index is 442. The van der Waals surface area contributed by atoms with Crippen LogP contribution in [0.5, 0.6) is 11.5 Å². The molecule has 0 spiro atoms. The number of nitrogens with zero attached hydrogens (tertiary/aromatic N) is 1. The van der Waals surface area contributed by atoms with Crippen LogP contribution in [0.2, 0.25) is 0 Å². The highest BCUT2D eigenvalue weighted by molar-refractivity contribution is 5.42. The number of methoxy groups -OCH3 is 2. The van der Waals surface area contributed by atoms with Crippen LogP contribution in [0.15, 0.2) is 18.2 Å². The van der Waals surface area contributed by atoms with Gasteiger partial charge in [0.25, 0.3) is 0 Å². The fraction of sp³-hybridized carbons (Fsp3) is 0.625.